The van der Waals surface area contributed by atoms with Crippen molar-refractivity contribution in [1.82, 2.24) is 0 Å². The van der Waals surface area contributed by atoms with Crippen LogP contribution in [0.25, 0.3) is 53.2 Å². The Balaban J connectivity index is 1.19. The van der Waals surface area contributed by atoms with Crippen molar-refractivity contribution in [3.8, 4) is 22.3 Å². The molecule has 0 atom stereocenters. The number of nitrogens with zero attached hydrogens (tertiary/aromatic N) is 1. The van der Waals surface area contributed by atoms with Crippen LogP contribution in [0.2, 0.25) is 0 Å². The van der Waals surface area contributed by atoms with E-state index in [9.17, 15) is 0 Å². The maximum atomic E-state index is 2.42. The molecule has 1 aliphatic rings. The largest absolute Gasteiger partial charge is 0.310 e. The van der Waals surface area contributed by atoms with E-state index in [4.69, 9.17) is 0 Å². The quantitative estimate of drug-likeness (QED) is 0.196. The number of hydrogen-bond donors (Lipinski definition) is 0. The minimum Gasteiger partial charge on any atom is -0.310 e. The van der Waals surface area contributed by atoms with Crippen LogP contribution in [0.5, 0.6) is 0 Å². The summed E-state index contributed by atoms with van der Waals surface area (Å²) < 4.78 is 2.68. The number of rotatable bonds is 4. The van der Waals surface area contributed by atoms with Crippen LogP contribution in [0.1, 0.15) is 25.0 Å². The third kappa shape index (κ3) is 3.99. The number of thiophene rings is 1. The summed E-state index contributed by atoms with van der Waals surface area (Å²) in [4.78, 5) is 2.42. The monoisotopic (exact) mass is 593 g/mol. The first-order valence-corrected chi connectivity index (χ1v) is 16.4. The Hall–Kier alpha value is -5.18. The van der Waals surface area contributed by atoms with Gasteiger partial charge in [-0.05, 0) is 87.1 Å². The van der Waals surface area contributed by atoms with E-state index in [1.807, 2.05) is 11.3 Å². The molecule has 1 aromatic heterocycles. The third-order valence-electron chi connectivity index (χ3n) is 9.66. The lowest BCUT2D eigenvalue weighted by molar-refractivity contribution is 0.660. The highest BCUT2D eigenvalue weighted by molar-refractivity contribution is 7.25. The van der Waals surface area contributed by atoms with Gasteiger partial charge < -0.3 is 4.90 Å². The zero-order valence-corrected chi connectivity index (χ0v) is 26.1. The Morgan fingerprint density at radius 2 is 1.18 bits per heavy atom. The standard InChI is InChI=1S/C43H31NS/c1-43(2)37-18-8-6-16-34(37)42-38(43)19-11-20-39(42)44(30-13-4-3-5-14-30)31-24-22-28(23-25-31)32-17-10-12-29-26-36-33-15-7-9-21-40(33)45-41(36)27-35(29)32/h3-27H,1-2H3. The smallest absolute Gasteiger partial charge is 0.0543 e. The maximum absolute atomic E-state index is 2.42. The summed E-state index contributed by atoms with van der Waals surface area (Å²) in [6.07, 6.45) is 0. The van der Waals surface area contributed by atoms with Crippen molar-refractivity contribution in [2.75, 3.05) is 4.90 Å². The van der Waals surface area contributed by atoms with Gasteiger partial charge in [0.2, 0.25) is 0 Å². The van der Waals surface area contributed by atoms with Crippen molar-refractivity contribution < 1.29 is 0 Å². The van der Waals surface area contributed by atoms with Crippen molar-refractivity contribution in [3.63, 3.8) is 0 Å². The van der Waals surface area contributed by atoms with E-state index < -0.39 is 0 Å². The van der Waals surface area contributed by atoms with Crippen LogP contribution < -0.4 is 4.90 Å². The lowest BCUT2D eigenvalue weighted by Crippen LogP contribution is -2.16. The predicted octanol–water partition coefficient (Wildman–Crippen LogP) is 12.7. The van der Waals surface area contributed by atoms with E-state index in [0.717, 1.165) is 11.4 Å². The zero-order valence-electron chi connectivity index (χ0n) is 25.3. The Bertz CT molecular complexity index is 2400. The molecule has 8 aromatic rings. The van der Waals surface area contributed by atoms with Gasteiger partial charge in [0.15, 0.2) is 0 Å². The van der Waals surface area contributed by atoms with Crippen LogP contribution in [-0.4, -0.2) is 0 Å². The number of anilines is 3. The normalized spacial score (nSPS) is 13.3. The van der Waals surface area contributed by atoms with E-state index in [0.29, 0.717) is 0 Å². The van der Waals surface area contributed by atoms with Crippen LogP contribution in [-0.2, 0) is 5.41 Å². The van der Waals surface area contributed by atoms with Crippen molar-refractivity contribution >= 4 is 59.3 Å². The lowest BCUT2D eigenvalue weighted by atomic mass is 9.82. The van der Waals surface area contributed by atoms with Gasteiger partial charge in [-0.25, -0.2) is 0 Å². The van der Waals surface area contributed by atoms with Gasteiger partial charge in [-0.2, -0.15) is 0 Å². The summed E-state index contributed by atoms with van der Waals surface area (Å²) in [6, 6.07) is 55.8. The molecule has 9 rings (SSSR count). The molecule has 0 saturated carbocycles. The van der Waals surface area contributed by atoms with Crippen LogP contribution >= 0.6 is 11.3 Å². The van der Waals surface area contributed by atoms with Gasteiger partial charge in [0, 0.05) is 42.5 Å². The third-order valence-corrected chi connectivity index (χ3v) is 10.8. The molecule has 0 fully saturated rings. The van der Waals surface area contributed by atoms with Crippen molar-refractivity contribution in [3.05, 3.63) is 163 Å². The van der Waals surface area contributed by atoms with Gasteiger partial charge in [-0.1, -0.05) is 117 Å². The molecule has 0 unspecified atom stereocenters. The highest BCUT2D eigenvalue weighted by atomic mass is 32.1. The van der Waals surface area contributed by atoms with Gasteiger partial charge in [0.1, 0.15) is 0 Å². The van der Waals surface area contributed by atoms with Crippen molar-refractivity contribution in [1.29, 1.82) is 0 Å². The molecule has 0 saturated heterocycles. The summed E-state index contributed by atoms with van der Waals surface area (Å²) in [7, 11) is 0. The fourth-order valence-electron chi connectivity index (χ4n) is 7.46. The van der Waals surface area contributed by atoms with Crippen molar-refractivity contribution in [2.24, 2.45) is 0 Å². The van der Waals surface area contributed by atoms with E-state index >= 15 is 0 Å². The summed E-state index contributed by atoms with van der Waals surface area (Å²) in [6.45, 7) is 4.69. The molecule has 1 heterocycles. The minimum absolute atomic E-state index is 0.0532. The molecule has 0 bridgehead atoms. The molecular formula is C43H31NS. The second-order valence-corrected chi connectivity index (χ2v) is 13.6. The number of hydrogen-bond acceptors (Lipinski definition) is 2. The van der Waals surface area contributed by atoms with Gasteiger partial charge in [-0.3, -0.25) is 0 Å². The average molecular weight is 594 g/mol. The molecule has 7 aromatic carbocycles. The SMILES string of the molecule is CC1(C)c2ccccc2-c2c(N(c3ccccc3)c3ccc(-c4cccc5cc6c(cc45)sc4ccccc46)cc3)cccc21. The van der Waals surface area contributed by atoms with Crippen LogP contribution in [0.15, 0.2) is 152 Å². The summed E-state index contributed by atoms with van der Waals surface area (Å²) in [5, 5.41) is 5.26. The average Bonchev–Trinajstić information content (AvgIpc) is 3.56. The first-order chi connectivity index (χ1) is 22.1. The highest BCUT2D eigenvalue weighted by Gasteiger charge is 2.37. The van der Waals surface area contributed by atoms with Gasteiger partial charge in [-0.15, -0.1) is 11.3 Å². The first kappa shape index (κ1) is 26.2. The summed E-state index contributed by atoms with van der Waals surface area (Å²) >= 11 is 1.88. The molecule has 0 spiro atoms. The van der Waals surface area contributed by atoms with E-state index in [-0.39, 0.29) is 5.41 Å². The maximum Gasteiger partial charge on any atom is 0.0543 e. The summed E-state index contributed by atoms with van der Waals surface area (Å²) in [5.41, 5.74) is 11.4. The van der Waals surface area contributed by atoms with Crippen LogP contribution in [0.3, 0.4) is 0 Å². The molecule has 2 heteroatoms. The van der Waals surface area contributed by atoms with E-state index in [2.05, 4.69) is 170 Å². The lowest BCUT2D eigenvalue weighted by Gasteiger charge is -2.29. The molecule has 1 aliphatic carbocycles. The van der Waals surface area contributed by atoms with Gasteiger partial charge in [0.05, 0.1) is 5.69 Å². The first-order valence-electron chi connectivity index (χ1n) is 15.6. The number of benzene rings is 7. The molecular weight excluding hydrogens is 563 g/mol. The Morgan fingerprint density at radius 1 is 0.489 bits per heavy atom. The Labute approximate surface area is 267 Å². The fourth-order valence-corrected chi connectivity index (χ4v) is 8.59. The van der Waals surface area contributed by atoms with E-state index in [1.165, 1.54) is 70.0 Å². The van der Waals surface area contributed by atoms with E-state index in [1.54, 1.807) is 0 Å². The molecule has 0 radical (unpaired) electrons. The molecule has 0 amide bonds. The minimum atomic E-state index is -0.0532. The molecule has 1 nitrogen and oxygen atoms in total. The molecule has 214 valence electrons. The van der Waals surface area contributed by atoms with Crippen LogP contribution in [0.4, 0.5) is 17.1 Å². The highest BCUT2D eigenvalue weighted by Crippen LogP contribution is 2.54. The summed E-state index contributed by atoms with van der Waals surface area (Å²) in [5.74, 6) is 0. The second-order valence-electron chi connectivity index (χ2n) is 12.6. The van der Waals surface area contributed by atoms with Crippen molar-refractivity contribution in [2.45, 2.75) is 19.3 Å². The van der Waals surface area contributed by atoms with Gasteiger partial charge in [0.25, 0.3) is 0 Å². The predicted molar refractivity (Wildman–Crippen MR) is 195 cm³/mol. The Kier molecular flexibility index (Phi) is 5.78. The molecule has 0 N–H and O–H groups in total. The Morgan fingerprint density at radius 3 is 2.04 bits per heavy atom. The molecule has 45 heavy (non-hydrogen) atoms. The van der Waals surface area contributed by atoms with Gasteiger partial charge >= 0.3 is 0 Å². The number of fused-ring (bicyclic) bond motifs is 7. The fraction of sp³-hybridized carbons (Fsp3) is 0.0698. The second kappa shape index (κ2) is 9.92. The molecule has 0 aliphatic heterocycles. The number of para-hydroxylation sites is 1. The van der Waals surface area contributed by atoms with Crippen LogP contribution in [0, 0.1) is 0 Å². The topological polar surface area (TPSA) is 3.24 Å². The zero-order chi connectivity index (χ0) is 30.1.